The lowest BCUT2D eigenvalue weighted by Gasteiger charge is -2.08. The van der Waals surface area contributed by atoms with E-state index in [0.717, 1.165) is 12.8 Å². The average molecular weight is 223 g/mol. The highest BCUT2D eigenvalue weighted by Crippen LogP contribution is 2.02. The van der Waals surface area contributed by atoms with Crippen LogP contribution in [0.3, 0.4) is 0 Å². The van der Waals surface area contributed by atoms with Gasteiger partial charge in [0, 0.05) is 6.04 Å². The Balaban J connectivity index is 3.33. The summed E-state index contributed by atoms with van der Waals surface area (Å²) in [5, 5.41) is 3.40. The fourth-order valence-corrected chi connectivity index (χ4v) is 1.54. The molecule has 0 fully saturated rings. The van der Waals surface area contributed by atoms with Crippen LogP contribution in [-0.2, 0) is 0 Å². The zero-order valence-electron chi connectivity index (χ0n) is 11.3. The quantitative estimate of drug-likeness (QED) is 0.414. The molecule has 0 aromatic heterocycles. The van der Waals surface area contributed by atoms with E-state index in [9.17, 15) is 0 Å². The van der Waals surface area contributed by atoms with E-state index in [2.05, 4.69) is 50.5 Å². The Morgan fingerprint density at radius 2 is 1.81 bits per heavy atom. The van der Waals surface area contributed by atoms with Gasteiger partial charge < -0.3 is 5.32 Å². The second-order valence-corrected chi connectivity index (χ2v) is 4.43. The third-order valence-electron chi connectivity index (χ3n) is 2.61. The summed E-state index contributed by atoms with van der Waals surface area (Å²) < 4.78 is 0. The largest absolute Gasteiger partial charge is 0.388 e. The van der Waals surface area contributed by atoms with Gasteiger partial charge in [-0.1, -0.05) is 51.3 Å². The molecule has 0 saturated carbocycles. The Kier molecular flexibility index (Phi) is 11.8. The molecule has 0 aromatic carbocycles. The van der Waals surface area contributed by atoms with Crippen molar-refractivity contribution in [3.05, 3.63) is 24.4 Å². The van der Waals surface area contributed by atoms with E-state index >= 15 is 0 Å². The van der Waals surface area contributed by atoms with E-state index in [-0.39, 0.29) is 0 Å². The van der Waals surface area contributed by atoms with E-state index in [1.165, 1.54) is 32.1 Å². The molecule has 0 amide bonds. The van der Waals surface area contributed by atoms with Gasteiger partial charge in [0.05, 0.1) is 0 Å². The summed E-state index contributed by atoms with van der Waals surface area (Å²) >= 11 is 0. The highest BCUT2D eigenvalue weighted by atomic mass is 14.9. The van der Waals surface area contributed by atoms with Crippen molar-refractivity contribution >= 4 is 0 Å². The summed E-state index contributed by atoms with van der Waals surface area (Å²) in [4.78, 5) is 0. The molecule has 1 N–H and O–H groups in total. The van der Waals surface area contributed by atoms with Crippen molar-refractivity contribution in [2.75, 3.05) is 0 Å². The van der Waals surface area contributed by atoms with E-state index < -0.39 is 0 Å². The highest BCUT2D eigenvalue weighted by Gasteiger charge is 1.92. The molecule has 0 aliphatic heterocycles. The third-order valence-corrected chi connectivity index (χ3v) is 2.61. The molecule has 0 heterocycles. The van der Waals surface area contributed by atoms with Crippen LogP contribution < -0.4 is 5.32 Å². The SMILES string of the molecule is CCC=CCC(C)NC=CCCCCCC. The molecule has 0 radical (unpaired) electrons. The lowest BCUT2D eigenvalue weighted by Crippen LogP contribution is -2.18. The van der Waals surface area contributed by atoms with Crippen LogP contribution in [0.5, 0.6) is 0 Å². The molecule has 0 saturated heterocycles. The lowest BCUT2D eigenvalue weighted by atomic mass is 10.1. The molecule has 1 heteroatoms. The number of nitrogens with one attached hydrogen (secondary N) is 1. The smallest absolute Gasteiger partial charge is 0.0261 e. The molecule has 16 heavy (non-hydrogen) atoms. The first-order valence-electron chi connectivity index (χ1n) is 6.87. The highest BCUT2D eigenvalue weighted by molar-refractivity contribution is 4.87. The average Bonchev–Trinajstić information content (AvgIpc) is 2.28. The van der Waals surface area contributed by atoms with Gasteiger partial charge in [0.2, 0.25) is 0 Å². The fourth-order valence-electron chi connectivity index (χ4n) is 1.54. The maximum atomic E-state index is 3.40. The van der Waals surface area contributed by atoms with Crippen molar-refractivity contribution in [2.24, 2.45) is 0 Å². The van der Waals surface area contributed by atoms with Crippen LogP contribution >= 0.6 is 0 Å². The predicted octanol–water partition coefficient (Wildman–Crippen LogP) is 4.80. The second kappa shape index (κ2) is 12.4. The van der Waals surface area contributed by atoms with Crippen LogP contribution in [-0.4, -0.2) is 6.04 Å². The molecule has 1 unspecified atom stereocenters. The normalized spacial score (nSPS) is 13.7. The van der Waals surface area contributed by atoms with Crippen LogP contribution in [0.25, 0.3) is 0 Å². The van der Waals surface area contributed by atoms with Crippen LogP contribution in [0.15, 0.2) is 24.4 Å². The van der Waals surface area contributed by atoms with Gasteiger partial charge in [-0.25, -0.2) is 0 Å². The first kappa shape index (κ1) is 15.3. The first-order valence-corrected chi connectivity index (χ1v) is 6.87. The molecule has 1 nitrogen and oxygen atoms in total. The topological polar surface area (TPSA) is 12.0 Å². The second-order valence-electron chi connectivity index (χ2n) is 4.43. The Morgan fingerprint density at radius 1 is 1.00 bits per heavy atom. The Hall–Kier alpha value is -0.720. The molecule has 0 rings (SSSR count). The van der Waals surface area contributed by atoms with Gasteiger partial charge in [0.15, 0.2) is 0 Å². The summed E-state index contributed by atoms with van der Waals surface area (Å²) in [5.74, 6) is 0. The lowest BCUT2D eigenvalue weighted by molar-refractivity contribution is 0.640. The van der Waals surface area contributed by atoms with Crippen molar-refractivity contribution in [1.29, 1.82) is 0 Å². The summed E-state index contributed by atoms with van der Waals surface area (Å²) in [7, 11) is 0. The minimum atomic E-state index is 0.551. The van der Waals surface area contributed by atoms with Crippen LogP contribution in [0.2, 0.25) is 0 Å². The Labute approximate surface area is 102 Å². The predicted molar refractivity (Wildman–Crippen MR) is 74.5 cm³/mol. The number of allylic oxidation sites excluding steroid dienone is 2. The van der Waals surface area contributed by atoms with E-state index in [4.69, 9.17) is 0 Å². The van der Waals surface area contributed by atoms with Crippen molar-refractivity contribution in [3.8, 4) is 0 Å². The van der Waals surface area contributed by atoms with Gasteiger partial charge in [0.25, 0.3) is 0 Å². The molecular formula is C15H29N. The summed E-state index contributed by atoms with van der Waals surface area (Å²) in [6.45, 7) is 6.65. The molecule has 0 aliphatic carbocycles. The van der Waals surface area contributed by atoms with Gasteiger partial charge >= 0.3 is 0 Å². The third kappa shape index (κ3) is 11.4. The van der Waals surface area contributed by atoms with E-state index in [1.54, 1.807) is 0 Å². The van der Waals surface area contributed by atoms with Crippen molar-refractivity contribution < 1.29 is 0 Å². The number of unbranched alkanes of at least 4 members (excludes halogenated alkanes) is 4. The first-order chi connectivity index (χ1) is 7.81. The van der Waals surface area contributed by atoms with Gasteiger partial charge in [-0.05, 0) is 38.8 Å². The van der Waals surface area contributed by atoms with Gasteiger partial charge in [-0.3, -0.25) is 0 Å². The summed E-state index contributed by atoms with van der Waals surface area (Å²) in [5.41, 5.74) is 0. The minimum absolute atomic E-state index is 0.551. The van der Waals surface area contributed by atoms with Gasteiger partial charge in [-0.15, -0.1) is 0 Å². The Morgan fingerprint density at radius 3 is 2.50 bits per heavy atom. The Bertz CT molecular complexity index is 182. The van der Waals surface area contributed by atoms with Crippen LogP contribution in [0.4, 0.5) is 0 Å². The van der Waals surface area contributed by atoms with Crippen LogP contribution in [0, 0.1) is 0 Å². The van der Waals surface area contributed by atoms with Crippen molar-refractivity contribution in [1.82, 2.24) is 5.32 Å². The molecule has 1 atom stereocenters. The molecule has 94 valence electrons. The zero-order chi connectivity index (χ0) is 12.1. The molecule has 0 spiro atoms. The van der Waals surface area contributed by atoms with Crippen LogP contribution in [0.1, 0.15) is 65.7 Å². The van der Waals surface area contributed by atoms with Gasteiger partial charge in [0.1, 0.15) is 0 Å². The molecule has 0 aromatic rings. The summed E-state index contributed by atoms with van der Waals surface area (Å²) in [6, 6.07) is 0.551. The van der Waals surface area contributed by atoms with Crippen molar-refractivity contribution in [3.63, 3.8) is 0 Å². The van der Waals surface area contributed by atoms with Crippen molar-refractivity contribution in [2.45, 2.75) is 71.8 Å². The summed E-state index contributed by atoms with van der Waals surface area (Å²) in [6.07, 6.45) is 17.7. The number of hydrogen-bond acceptors (Lipinski definition) is 1. The standard InChI is InChI=1S/C15H29N/c1-4-6-8-9-10-12-14-16-15(3)13-11-7-5-2/h7,11-12,14-16H,4-6,8-10,13H2,1-3H3. The molecular weight excluding hydrogens is 194 g/mol. The number of rotatable bonds is 10. The molecule has 0 aliphatic rings. The molecule has 0 bridgehead atoms. The minimum Gasteiger partial charge on any atom is -0.388 e. The van der Waals surface area contributed by atoms with E-state index in [1.807, 2.05) is 0 Å². The van der Waals surface area contributed by atoms with Gasteiger partial charge in [-0.2, -0.15) is 0 Å². The maximum absolute atomic E-state index is 3.40. The zero-order valence-corrected chi connectivity index (χ0v) is 11.3. The fraction of sp³-hybridized carbons (Fsp3) is 0.733. The monoisotopic (exact) mass is 223 g/mol. The maximum Gasteiger partial charge on any atom is 0.0261 e. The van der Waals surface area contributed by atoms with E-state index in [0.29, 0.717) is 6.04 Å². The number of hydrogen-bond donors (Lipinski definition) is 1.